The average molecular weight is 333 g/mol. The Bertz CT molecular complexity index is 1070. The van der Waals surface area contributed by atoms with Crippen LogP contribution in [0.15, 0.2) is 55.0 Å². The van der Waals surface area contributed by atoms with Gasteiger partial charge in [0.15, 0.2) is 5.65 Å². The van der Waals surface area contributed by atoms with Gasteiger partial charge in [0.2, 0.25) is 0 Å². The largest absolute Gasteiger partial charge is 0.339 e. The van der Waals surface area contributed by atoms with Gasteiger partial charge in [-0.15, -0.1) is 0 Å². The zero-order chi connectivity index (χ0) is 17.4. The molecule has 5 nitrogen and oxygen atoms in total. The predicted octanol–water partition coefficient (Wildman–Crippen LogP) is 4.32. The first-order valence-electron chi connectivity index (χ1n) is 7.91. The molecule has 0 aliphatic heterocycles. The van der Waals surface area contributed by atoms with Crippen molar-refractivity contribution in [2.45, 2.75) is 13.8 Å². The Morgan fingerprint density at radius 3 is 2.72 bits per heavy atom. The van der Waals surface area contributed by atoms with Gasteiger partial charge >= 0.3 is 0 Å². The topological polar surface area (TPSA) is 55.6 Å². The van der Waals surface area contributed by atoms with Crippen LogP contribution in [0, 0.1) is 19.7 Å². The van der Waals surface area contributed by atoms with Gasteiger partial charge in [-0.25, -0.2) is 19.0 Å². The Kier molecular flexibility index (Phi) is 3.65. The van der Waals surface area contributed by atoms with Crippen LogP contribution in [0.3, 0.4) is 0 Å². The molecule has 0 unspecified atom stereocenters. The standard InChI is InChI=1S/C19H16FN5/c1-12-7-8-13(2)16(9-12)24-18-14-10-23-25(19(14)22-11-21-18)17-6-4-3-5-15(17)20/h3-11H,1-2H3,(H,21,22,24). The third-order valence-electron chi connectivity index (χ3n) is 4.09. The Hall–Kier alpha value is -3.28. The maximum Gasteiger partial charge on any atom is 0.168 e. The molecule has 0 amide bonds. The minimum atomic E-state index is -0.352. The zero-order valence-electron chi connectivity index (χ0n) is 13.9. The number of para-hydroxylation sites is 1. The van der Waals surface area contributed by atoms with Crippen molar-refractivity contribution >= 4 is 22.5 Å². The highest BCUT2D eigenvalue weighted by Gasteiger charge is 2.14. The van der Waals surface area contributed by atoms with Crippen LogP contribution < -0.4 is 5.32 Å². The van der Waals surface area contributed by atoms with E-state index in [1.807, 2.05) is 13.8 Å². The third kappa shape index (κ3) is 2.71. The van der Waals surface area contributed by atoms with E-state index in [9.17, 15) is 4.39 Å². The molecular formula is C19H16FN5. The fraction of sp³-hybridized carbons (Fsp3) is 0.105. The van der Waals surface area contributed by atoms with Crippen molar-refractivity contribution in [3.63, 3.8) is 0 Å². The van der Waals surface area contributed by atoms with E-state index in [1.165, 1.54) is 17.1 Å². The molecule has 1 N–H and O–H groups in total. The molecule has 6 heteroatoms. The summed E-state index contributed by atoms with van der Waals surface area (Å²) in [6.45, 7) is 4.07. The van der Waals surface area contributed by atoms with Gasteiger partial charge in [-0.3, -0.25) is 0 Å². The van der Waals surface area contributed by atoms with E-state index in [2.05, 4.69) is 38.6 Å². The SMILES string of the molecule is Cc1ccc(C)c(Nc2ncnc3c2cnn3-c2ccccc2F)c1. The zero-order valence-corrected chi connectivity index (χ0v) is 13.9. The molecule has 0 saturated carbocycles. The second-order valence-electron chi connectivity index (χ2n) is 5.91. The van der Waals surface area contributed by atoms with Crippen LogP contribution in [-0.2, 0) is 0 Å². The van der Waals surface area contributed by atoms with Crippen LogP contribution >= 0.6 is 0 Å². The summed E-state index contributed by atoms with van der Waals surface area (Å²) in [6.07, 6.45) is 3.10. The summed E-state index contributed by atoms with van der Waals surface area (Å²) in [6, 6.07) is 12.7. The van der Waals surface area contributed by atoms with Crippen LogP contribution in [0.5, 0.6) is 0 Å². The number of aryl methyl sites for hydroxylation is 2. The summed E-state index contributed by atoms with van der Waals surface area (Å²) < 4.78 is 15.6. The lowest BCUT2D eigenvalue weighted by Crippen LogP contribution is -2.02. The minimum Gasteiger partial charge on any atom is -0.339 e. The highest BCUT2D eigenvalue weighted by Crippen LogP contribution is 2.27. The van der Waals surface area contributed by atoms with Gasteiger partial charge < -0.3 is 5.32 Å². The number of benzene rings is 2. The van der Waals surface area contributed by atoms with Crippen LogP contribution in [0.4, 0.5) is 15.9 Å². The quantitative estimate of drug-likeness (QED) is 0.607. The Balaban J connectivity index is 1.82. The smallest absolute Gasteiger partial charge is 0.168 e. The molecule has 0 bridgehead atoms. The van der Waals surface area contributed by atoms with Crippen molar-refractivity contribution in [2.75, 3.05) is 5.32 Å². The van der Waals surface area contributed by atoms with Crippen LogP contribution in [0.25, 0.3) is 16.7 Å². The van der Waals surface area contributed by atoms with Crippen LogP contribution in [-0.4, -0.2) is 19.7 Å². The summed E-state index contributed by atoms with van der Waals surface area (Å²) in [5, 5.41) is 8.37. The molecule has 0 spiro atoms. The third-order valence-corrected chi connectivity index (χ3v) is 4.09. The number of nitrogens with one attached hydrogen (secondary N) is 1. The van der Waals surface area contributed by atoms with Gasteiger partial charge in [-0.1, -0.05) is 24.3 Å². The van der Waals surface area contributed by atoms with E-state index in [1.54, 1.807) is 24.4 Å². The minimum absolute atomic E-state index is 0.352. The number of rotatable bonds is 3. The number of aromatic nitrogens is 4. The van der Waals surface area contributed by atoms with E-state index in [0.717, 1.165) is 22.2 Å². The monoisotopic (exact) mass is 333 g/mol. The first kappa shape index (κ1) is 15.3. The number of nitrogens with zero attached hydrogens (tertiary/aromatic N) is 4. The molecule has 0 radical (unpaired) electrons. The second kappa shape index (κ2) is 5.98. The summed E-state index contributed by atoms with van der Waals surface area (Å²) in [5.41, 5.74) is 4.14. The number of hydrogen-bond acceptors (Lipinski definition) is 4. The van der Waals surface area contributed by atoms with E-state index < -0.39 is 0 Å². The average Bonchev–Trinajstić information content (AvgIpc) is 3.03. The molecule has 0 aliphatic rings. The maximum atomic E-state index is 14.1. The molecule has 0 aliphatic carbocycles. The van der Waals surface area contributed by atoms with Gasteiger partial charge in [0.1, 0.15) is 23.6 Å². The normalized spacial score (nSPS) is 11.0. The first-order chi connectivity index (χ1) is 12.1. The number of halogens is 1. The second-order valence-corrected chi connectivity index (χ2v) is 5.91. The molecule has 4 rings (SSSR count). The summed E-state index contributed by atoms with van der Waals surface area (Å²) >= 11 is 0. The Labute approximate surface area is 144 Å². The van der Waals surface area contributed by atoms with Gasteiger partial charge in [0.05, 0.1) is 11.6 Å². The van der Waals surface area contributed by atoms with E-state index >= 15 is 0 Å². The van der Waals surface area contributed by atoms with Crippen molar-refractivity contribution in [2.24, 2.45) is 0 Å². The van der Waals surface area contributed by atoms with Gasteiger partial charge in [0, 0.05) is 5.69 Å². The lowest BCUT2D eigenvalue weighted by atomic mass is 10.1. The summed E-state index contributed by atoms with van der Waals surface area (Å²) in [5.74, 6) is 0.288. The highest BCUT2D eigenvalue weighted by molar-refractivity contribution is 5.89. The van der Waals surface area contributed by atoms with E-state index in [4.69, 9.17) is 0 Å². The molecule has 2 aromatic heterocycles. The molecule has 0 atom stereocenters. The van der Waals surface area contributed by atoms with Gasteiger partial charge in [-0.2, -0.15) is 5.10 Å². The number of hydrogen-bond donors (Lipinski definition) is 1. The summed E-state index contributed by atoms with van der Waals surface area (Å²) in [7, 11) is 0. The van der Waals surface area contributed by atoms with Crippen molar-refractivity contribution < 1.29 is 4.39 Å². The molecule has 2 aromatic carbocycles. The summed E-state index contributed by atoms with van der Waals surface area (Å²) in [4.78, 5) is 8.62. The van der Waals surface area contributed by atoms with Crippen LogP contribution in [0.1, 0.15) is 11.1 Å². The van der Waals surface area contributed by atoms with Crippen molar-refractivity contribution in [1.29, 1.82) is 0 Å². The van der Waals surface area contributed by atoms with Crippen LogP contribution in [0.2, 0.25) is 0 Å². The molecule has 4 aromatic rings. The molecule has 124 valence electrons. The molecule has 25 heavy (non-hydrogen) atoms. The van der Waals surface area contributed by atoms with Gasteiger partial charge in [-0.05, 0) is 43.2 Å². The fourth-order valence-corrected chi connectivity index (χ4v) is 2.74. The molecule has 0 saturated heterocycles. The lowest BCUT2D eigenvalue weighted by molar-refractivity contribution is 0.612. The van der Waals surface area contributed by atoms with E-state index in [0.29, 0.717) is 17.2 Å². The molecule has 0 fully saturated rings. The van der Waals surface area contributed by atoms with Crippen molar-refractivity contribution in [1.82, 2.24) is 19.7 Å². The Morgan fingerprint density at radius 1 is 1.04 bits per heavy atom. The van der Waals surface area contributed by atoms with Crippen molar-refractivity contribution in [3.8, 4) is 5.69 Å². The number of anilines is 2. The number of fused-ring (bicyclic) bond motifs is 1. The maximum absolute atomic E-state index is 14.1. The van der Waals surface area contributed by atoms with E-state index in [-0.39, 0.29) is 5.82 Å². The molecule has 2 heterocycles. The molecular weight excluding hydrogens is 317 g/mol. The Morgan fingerprint density at radius 2 is 1.88 bits per heavy atom. The predicted molar refractivity (Wildman–Crippen MR) is 95.8 cm³/mol. The van der Waals surface area contributed by atoms with Gasteiger partial charge in [0.25, 0.3) is 0 Å². The fourth-order valence-electron chi connectivity index (χ4n) is 2.74. The first-order valence-corrected chi connectivity index (χ1v) is 7.91. The highest BCUT2D eigenvalue weighted by atomic mass is 19.1. The lowest BCUT2D eigenvalue weighted by Gasteiger charge is -2.10. The van der Waals surface area contributed by atoms with Crippen molar-refractivity contribution in [3.05, 3.63) is 71.9 Å².